The third-order valence-electron chi connectivity index (χ3n) is 1.61. The Balaban J connectivity index is 2.65. The standard InChI is InChI=1S/C10H12O2/c1-8(12-9(2)11)10-6-4-3-5-7-10/h3-8H,1-2H3/t8-/m0/s1. The number of hydrogen-bond acceptors (Lipinski definition) is 2. The highest BCUT2D eigenvalue weighted by Gasteiger charge is 2.06. The van der Waals surface area contributed by atoms with Crippen molar-refractivity contribution in [3.8, 4) is 0 Å². The molecule has 2 heteroatoms. The Morgan fingerprint density at radius 3 is 2.42 bits per heavy atom. The Labute approximate surface area is 72.2 Å². The van der Waals surface area contributed by atoms with Gasteiger partial charge < -0.3 is 4.74 Å². The number of carbonyl (C=O) groups is 1. The van der Waals surface area contributed by atoms with Crippen LogP contribution in [-0.4, -0.2) is 5.97 Å². The number of carbonyl (C=O) groups excluding carboxylic acids is 1. The molecule has 1 aromatic carbocycles. The van der Waals surface area contributed by atoms with Crippen LogP contribution >= 0.6 is 0 Å². The number of hydrogen-bond donors (Lipinski definition) is 0. The van der Waals surface area contributed by atoms with E-state index in [1.165, 1.54) is 6.92 Å². The van der Waals surface area contributed by atoms with Gasteiger partial charge in [-0.1, -0.05) is 30.3 Å². The van der Waals surface area contributed by atoms with E-state index in [2.05, 4.69) is 0 Å². The molecule has 0 aliphatic heterocycles. The van der Waals surface area contributed by atoms with Crippen LogP contribution in [-0.2, 0) is 9.53 Å². The van der Waals surface area contributed by atoms with E-state index in [1.54, 1.807) is 0 Å². The first-order chi connectivity index (χ1) is 5.70. The third kappa shape index (κ3) is 2.38. The van der Waals surface area contributed by atoms with Crippen molar-refractivity contribution < 1.29 is 9.53 Å². The Kier molecular flexibility index (Phi) is 2.86. The summed E-state index contributed by atoms with van der Waals surface area (Å²) in [5.41, 5.74) is 1.02. The van der Waals surface area contributed by atoms with Crippen LogP contribution in [0.4, 0.5) is 0 Å². The van der Waals surface area contributed by atoms with Crippen molar-refractivity contribution in [3.63, 3.8) is 0 Å². The smallest absolute Gasteiger partial charge is 0.303 e. The van der Waals surface area contributed by atoms with Crippen LogP contribution in [0.15, 0.2) is 30.3 Å². The van der Waals surface area contributed by atoms with Gasteiger partial charge in [-0.25, -0.2) is 0 Å². The first-order valence-corrected chi connectivity index (χ1v) is 3.92. The van der Waals surface area contributed by atoms with Crippen LogP contribution in [0.3, 0.4) is 0 Å². The Bertz CT molecular complexity index is 254. The molecule has 1 aromatic rings. The summed E-state index contributed by atoms with van der Waals surface area (Å²) in [7, 11) is 0. The second-order valence-corrected chi connectivity index (χ2v) is 2.66. The lowest BCUT2D eigenvalue weighted by Gasteiger charge is -2.11. The third-order valence-corrected chi connectivity index (χ3v) is 1.61. The molecule has 0 saturated carbocycles. The van der Waals surface area contributed by atoms with E-state index < -0.39 is 0 Å². The average molecular weight is 164 g/mol. The number of esters is 1. The van der Waals surface area contributed by atoms with Crippen LogP contribution in [0, 0.1) is 0 Å². The SMILES string of the molecule is CC(=O)O[C@@H](C)c1ccccc1. The van der Waals surface area contributed by atoms with Crippen LogP contribution < -0.4 is 0 Å². The van der Waals surface area contributed by atoms with Crippen LogP contribution in [0.1, 0.15) is 25.5 Å². The van der Waals surface area contributed by atoms with E-state index in [9.17, 15) is 4.79 Å². The summed E-state index contributed by atoms with van der Waals surface area (Å²) in [4.78, 5) is 10.6. The maximum absolute atomic E-state index is 10.6. The van der Waals surface area contributed by atoms with Crippen LogP contribution in [0.25, 0.3) is 0 Å². The number of benzene rings is 1. The number of ether oxygens (including phenoxy) is 1. The minimum atomic E-state index is -0.244. The van der Waals surface area contributed by atoms with Crippen molar-refractivity contribution in [3.05, 3.63) is 35.9 Å². The van der Waals surface area contributed by atoms with E-state index in [0.29, 0.717) is 0 Å². The lowest BCUT2D eigenvalue weighted by atomic mass is 10.1. The molecule has 0 saturated heterocycles. The molecule has 2 nitrogen and oxygen atoms in total. The predicted molar refractivity (Wildman–Crippen MR) is 46.6 cm³/mol. The topological polar surface area (TPSA) is 26.3 Å². The molecule has 0 radical (unpaired) electrons. The first kappa shape index (κ1) is 8.78. The van der Waals surface area contributed by atoms with Gasteiger partial charge in [0.15, 0.2) is 0 Å². The van der Waals surface area contributed by atoms with Crippen molar-refractivity contribution >= 4 is 5.97 Å². The molecular formula is C10H12O2. The summed E-state index contributed by atoms with van der Waals surface area (Å²) >= 11 is 0. The molecule has 0 aliphatic rings. The molecule has 0 spiro atoms. The van der Waals surface area contributed by atoms with Gasteiger partial charge in [-0.2, -0.15) is 0 Å². The van der Waals surface area contributed by atoms with Gasteiger partial charge in [0, 0.05) is 6.92 Å². The normalized spacial score (nSPS) is 12.2. The fraction of sp³-hybridized carbons (Fsp3) is 0.300. The largest absolute Gasteiger partial charge is 0.458 e. The van der Waals surface area contributed by atoms with E-state index in [0.717, 1.165) is 5.56 Å². The molecule has 0 aliphatic carbocycles. The second-order valence-electron chi connectivity index (χ2n) is 2.66. The monoisotopic (exact) mass is 164 g/mol. The Morgan fingerprint density at radius 1 is 1.33 bits per heavy atom. The van der Waals surface area contributed by atoms with Gasteiger partial charge in [-0.05, 0) is 12.5 Å². The van der Waals surface area contributed by atoms with Crippen molar-refractivity contribution in [1.29, 1.82) is 0 Å². The molecule has 1 rings (SSSR count). The summed E-state index contributed by atoms with van der Waals surface area (Å²) in [5, 5.41) is 0. The van der Waals surface area contributed by atoms with Gasteiger partial charge in [0.05, 0.1) is 0 Å². The zero-order chi connectivity index (χ0) is 8.97. The number of rotatable bonds is 2. The predicted octanol–water partition coefficient (Wildman–Crippen LogP) is 2.31. The summed E-state index contributed by atoms with van der Waals surface area (Å²) in [6.45, 7) is 3.27. The summed E-state index contributed by atoms with van der Waals surface area (Å²) in [6, 6.07) is 9.66. The van der Waals surface area contributed by atoms with Crippen molar-refractivity contribution in [2.75, 3.05) is 0 Å². The summed E-state index contributed by atoms with van der Waals surface area (Å²) in [6.07, 6.45) is -0.149. The van der Waals surface area contributed by atoms with Gasteiger partial charge >= 0.3 is 5.97 Å². The minimum absolute atomic E-state index is 0.149. The zero-order valence-electron chi connectivity index (χ0n) is 7.28. The molecule has 0 N–H and O–H groups in total. The Hall–Kier alpha value is -1.31. The molecule has 0 amide bonds. The van der Waals surface area contributed by atoms with Crippen molar-refractivity contribution in [1.82, 2.24) is 0 Å². The van der Waals surface area contributed by atoms with Crippen molar-refractivity contribution in [2.24, 2.45) is 0 Å². The van der Waals surface area contributed by atoms with Gasteiger partial charge in [0.25, 0.3) is 0 Å². The second kappa shape index (κ2) is 3.90. The zero-order valence-corrected chi connectivity index (χ0v) is 7.28. The maximum Gasteiger partial charge on any atom is 0.303 e. The van der Waals surface area contributed by atoms with E-state index >= 15 is 0 Å². The van der Waals surface area contributed by atoms with Gasteiger partial charge in [0.2, 0.25) is 0 Å². The minimum Gasteiger partial charge on any atom is -0.458 e. The van der Waals surface area contributed by atoms with E-state index in [1.807, 2.05) is 37.3 Å². The highest BCUT2D eigenvalue weighted by molar-refractivity contribution is 5.66. The van der Waals surface area contributed by atoms with Gasteiger partial charge in [-0.3, -0.25) is 4.79 Å². The molecule has 0 heterocycles. The molecule has 64 valence electrons. The quantitative estimate of drug-likeness (QED) is 0.627. The van der Waals surface area contributed by atoms with Gasteiger partial charge in [-0.15, -0.1) is 0 Å². The highest BCUT2D eigenvalue weighted by atomic mass is 16.5. The van der Waals surface area contributed by atoms with Crippen LogP contribution in [0.5, 0.6) is 0 Å². The summed E-state index contributed by atoms with van der Waals surface area (Å²) < 4.78 is 5.00. The highest BCUT2D eigenvalue weighted by Crippen LogP contribution is 2.15. The lowest BCUT2D eigenvalue weighted by Crippen LogP contribution is -2.04. The molecule has 0 bridgehead atoms. The van der Waals surface area contributed by atoms with E-state index in [-0.39, 0.29) is 12.1 Å². The van der Waals surface area contributed by atoms with E-state index in [4.69, 9.17) is 4.74 Å². The fourth-order valence-electron chi connectivity index (χ4n) is 1.04. The average Bonchev–Trinajstić information content (AvgIpc) is 2.05. The molecule has 1 atom stereocenters. The Morgan fingerprint density at radius 2 is 1.92 bits per heavy atom. The molecule has 12 heavy (non-hydrogen) atoms. The lowest BCUT2D eigenvalue weighted by molar-refractivity contribution is -0.145. The maximum atomic E-state index is 10.6. The molecule has 0 unspecified atom stereocenters. The first-order valence-electron chi connectivity index (χ1n) is 3.92. The molecule has 0 fully saturated rings. The molecular weight excluding hydrogens is 152 g/mol. The fourth-order valence-corrected chi connectivity index (χ4v) is 1.04. The van der Waals surface area contributed by atoms with Crippen LogP contribution in [0.2, 0.25) is 0 Å². The molecule has 0 aromatic heterocycles. The summed E-state index contributed by atoms with van der Waals surface area (Å²) in [5.74, 6) is -0.244. The van der Waals surface area contributed by atoms with Gasteiger partial charge in [0.1, 0.15) is 6.10 Å². The van der Waals surface area contributed by atoms with Crippen molar-refractivity contribution in [2.45, 2.75) is 20.0 Å².